The number of hydrogen-bond donors (Lipinski definition) is 2. The van der Waals surface area contributed by atoms with Crippen LogP contribution in [0.1, 0.15) is 6.92 Å². The molecule has 2 rings (SSSR count). The van der Waals surface area contributed by atoms with Gasteiger partial charge in [0.05, 0.1) is 6.61 Å². The van der Waals surface area contributed by atoms with Crippen LogP contribution in [0.15, 0.2) is 36.5 Å². The molecule has 0 unspecified atom stereocenters. The number of nitrogens with one attached hydrogen (secondary N) is 1. The zero-order valence-corrected chi connectivity index (χ0v) is 12.2. The molecule has 1 aromatic carbocycles. The highest BCUT2D eigenvalue weighted by molar-refractivity contribution is 6.30. The molecular weight excluding hydrogens is 292 g/mol. The van der Waals surface area contributed by atoms with Gasteiger partial charge >= 0.3 is 5.97 Å². The van der Waals surface area contributed by atoms with Crippen LogP contribution in [0, 0.1) is 0 Å². The quantitative estimate of drug-likeness (QED) is 0.831. The summed E-state index contributed by atoms with van der Waals surface area (Å²) in [6.45, 7) is 1.99. The van der Waals surface area contributed by atoms with Crippen LogP contribution in [-0.2, 0) is 9.53 Å². The van der Waals surface area contributed by atoms with Crippen molar-refractivity contribution in [2.75, 3.05) is 18.5 Å². The van der Waals surface area contributed by atoms with Crippen molar-refractivity contribution in [1.29, 1.82) is 0 Å². The van der Waals surface area contributed by atoms with Gasteiger partial charge in [-0.3, -0.25) is 4.79 Å². The molecule has 5 nitrogen and oxygen atoms in total. The summed E-state index contributed by atoms with van der Waals surface area (Å²) in [5.41, 5.74) is 1.58. The van der Waals surface area contributed by atoms with E-state index in [-0.39, 0.29) is 18.1 Å². The lowest BCUT2D eigenvalue weighted by molar-refractivity contribution is -0.140. The number of ether oxygens (including phenoxy) is 1. The average molecular weight is 307 g/mol. The minimum Gasteiger partial charge on any atom is -0.504 e. The molecule has 110 valence electrons. The van der Waals surface area contributed by atoms with E-state index >= 15 is 0 Å². The molecule has 0 aliphatic heterocycles. The van der Waals surface area contributed by atoms with Crippen molar-refractivity contribution in [1.82, 2.24) is 4.98 Å². The van der Waals surface area contributed by atoms with Crippen LogP contribution in [0.4, 0.5) is 5.82 Å². The topological polar surface area (TPSA) is 71.5 Å². The number of esters is 1. The molecule has 0 saturated heterocycles. The van der Waals surface area contributed by atoms with E-state index in [1.54, 1.807) is 31.3 Å². The third-order valence-corrected chi connectivity index (χ3v) is 2.97. The highest BCUT2D eigenvalue weighted by atomic mass is 35.5. The molecule has 2 N–H and O–H groups in total. The molecule has 0 amide bonds. The van der Waals surface area contributed by atoms with Crippen LogP contribution in [-0.4, -0.2) is 29.2 Å². The van der Waals surface area contributed by atoms with E-state index < -0.39 is 5.97 Å². The summed E-state index contributed by atoms with van der Waals surface area (Å²) in [7, 11) is 0. The van der Waals surface area contributed by atoms with Crippen LogP contribution in [0.5, 0.6) is 5.75 Å². The number of carbonyl (C=O) groups is 1. The molecule has 0 atom stereocenters. The second-order valence-electron chi connectivity index (χ2n) is 4.26. The first kappa shape index (κ1) is 15.1. The first-order valence-corrected chi connectivity index (χ1v) is 6.82. The molecule has 0 saturated carbocycles. The standard InChI is InChI=1S/C15H15ClN2O3/c1-2-21-14(20)9-18-15-13(19)7-11(8-17-15)10-4-3-5-12(16)6-10/h3-8,19H,2,9H2,1H3,(H,17,18). The first-order valence-electron chi connectivity index (χ1n) is 6.44. The van der Waals surface area contributed by atoms with Crippen LogP contribution in [0.25, 0.3) is 11.1 Å². The predicted octanol–water partition coefficient (Wildman–Crippen LogP) is 3.08. The third-order valence-electron chi connectivity index (χ3n) is 2.73. The Kier molecular flexibility index (Phi) is 5.00. The normalized spacial score (nSPS) is 10.2. The van der Waals surface area contributed by atoms with Crippen molar-refractivity contribution >= 4 is 23.4 Å². The number of aromatic nitrogens is 1. The zero-order chi connectivity index (χ0) is 15.2. The average Bonchev–Trinajstić information content (AvgIpc) is 2.46. The van der Waals surface area contributed by atoms with Crippen molar-refractivity contribution < 1.29 is 14.6 Å². The van der Waals surface area contributed by atoms with E-state index in [1.807, 2.05) is 12.1 Å². The Hall–Kier alpha value is -2.27. The Morgan fingerprint density at radius 3 is 2.86 bits per heavy atom. The number of aromatic hydroxyl groups is 1. The number of rotatable bonds is 5. The Morgan fingerprint density at radius 1 is 1.38 bits per heavy atom. The summed E-state index contributed by atoms with van der Waals surface area (Å²) in [5.74, 6) is -0.219. The van der Waals surface area contributed by atoms with E-state index in [2.05, 4.69) is 10.3 Å². The highest BCUT2D eigenvalue weighted by Gasteiger charge is 2.08. The van der Waals surface area contributed by atoms with E-state index in [4.69, 9.17) is 16.3 Å². The number of halogens is 1. The van der Waals surface area contributed by atoms with Gasteiger partial charge in [-0.2, -0.15) is 0 Å². The fraction of sp³-hybridized carbons (Fsp3) is 0.200. The van der Waals surface area contributed by atoms with Gasteiger partial charge in [0.15, 0.2) is 11.6 Å². The summed E-state index contributed by atoms with van der Waals surface area (Å²) in [5, 5.41) is 13.3. The summed E-state index contributed by atoms with van der Waals surface area (Å²) in [6, 6.07) is 8.80. The minimum atomic E-state index is -0.405. The molecular formula is C15H15ClN2O3. The molecule has 0 spiro atoms. The van der Waals surface area contributed by atoms with Gasteiger partial charge < -0.3 is 15.2 Å². The molecule has 1 heterocycles. The van der Waals surface area contributed by atoms with Crippen LogP contribution in [0.3, 0.4) is 0 Å². The fourth-order valence-corrected chi connectivity index (χ4v) is 1.97. The maximum atomic E-state index is 11.2. The lowest BCUT2D eigenvalue weighted by Gasteiger charge is -2.09. The number of anilines is 1. The van der Waals surface area contributed by atoms with Gasteiger partial charge in [0.1, 0.15) is 6.54 Å². The van der Waals surface area contributed by atoms with Crippen LogP contribution < -0.4 is 5.32 Å². The summed E-state index contributed by atoms with van der Waals surface area (Å²) >= 11 is 5.93. The highest BCUT2D eigenvalue weighted by Crippen LogP contribution is 2.28. The summed E-state index contributed by atoms with van der Waals surface area (Å²) in [6.07, 6.45) is 1.60. The largest absolute Gasteiger partial charge is 0.504 e. The third kappa shape index (κ3) is 4.10. The van der Waals surface area contributed by atoms with E-state index in [1.165, 1.54) is 0 Å². The number of carbonyl (C=O) groups excluding carboxylic acids is 1. The number of benzene rings is 1. The van der Waals surface area contributed by atoms with Crippen molar-refractivity contribution in [3.8, 4) is 16.9 Å². The SMILES string of the molecule is CCOC(=O)CNc1ncc(-c2cccc(Cl)c2)cc1O. The van der Waals surface area contributed by atoms with E-state index in [9.17, 15) is 9.90 Å². The van der Waals surface area contributed by atoms with Crippen LogP contribution in [0.2, 0.25) is 5.02 Å². The smallest absolute Gasteiger partial charge is 0.325 e. The van der Waals surface area contributed by atoms with Gasteiger partial charge in [0, 0.05) is 16.8 Å². The van der Waals surface area contributed by atoms with Gasteiger partial charge in [0.25, 0.3) is 0 Å². The van der Waals surface area contributed by atoms with Crippen molar-refractivity contribution in [2.45, 2.75) is 6.92 Å². The van der Waals surface area contributed by atoms with Crippen molar-refractivity contribution in [3.63, 3.8) is 0 Å². The number of pyridine rings is 1. The predicted molar refractivity (Wildman–Crippen MR) is 81.5 cm³/mol. The van der Waals surface area contributed by atoms with E-state index in [0.29, 0.717) is 11.6 Å². The maximum Gasteiger partial charge on any atom is 0.325 e. The number of hydrogen-bond acceptors (Lipinski definition) is 5. The van der Waals surface area contributed by atoms with Crippen LogP contribution >= 0.6 is 11.6 Å². The minimum absolute atomic E-state index is 0.0447. The molecule has 1 aromatic heterocycles. The van der Waals surface area contributed by atoms with E-state index in [0.717, 1.165) is 11.1 Å². The second kappa shape index (κ2) is 6.95. The van der Waals surface area contributed by atoms with Gasteiger partial charge in [-0.25, -0.2) is 4.98 Å². The van der Waals surface area contributed by atoms with Gasteiger partial charge in [0.2, 0.25) is 0 Å². The molecule has 0 fully saturated rings. The lowest BCUT2D eigenvalue weighted by atomic mass is 10.1. The maximum absolute atomic E-state index is 11.2. The molecule has 6 heteroatoms. The monoisotopic (exact) mass is 306 g/mol. The Balaban J connectivity index is 2.12. The van der Waals surface area contributed by atoms with Gasteiger partial charge in [-0.15, -0.1) is 0 Å². The van der Waals surface area contributed by atoms with Crippen molar-refractivity contribution in [3.05, 3.63) is 41.6 Å². The molecule has 21 heavy (non-hydrogen) atoms. The molecule has 0 bridgehead atoms. The first-order chi connectivity index (χ1) is 10.1. The molecule has 0 aliphatic carbocycles. The second-order valence-corrected chi connectivity index (χ2v) is 4.70. The molecule has 0 aliphatic rings. The Labute approximate surface area is 127 Å². The molecule has 0 radical (unpaired) electrons. The van der Waals surface area contributed by atoms with Gasteiger partial charge in [-0.05, 0) is 30.7 Å². The molecule has 2 aromatic rings. The summed E-state index contributed by atoms with van der Waals surface area (Å²) < 4.78 is 4.78. The zero-order valence-electron chi connectivity index (χ0n) is 11.5. The lowest BCUT2D eigenvalue weighted by Crippen LogP contribution is -2.17. The Morgan fingerprint density at radius 2 is 2.19 bits per heavy atom. The number of nitrogens with zero attached hydrogens (tertiary/aromatic N) is 1. The van der Waals surface area contributed by atoms with Gasteiger partial charge in [-0.1, -0.05) is 23.7 Å². The summed E-state index contributed by atoms with van der Waals surface area (Å²) in [4.78, 5) is 15.3. The Bertz CT molecular complexity index is 647. The fourth-order valence-electron chi connectivity index (χ4n) is 1.78. The van der Waals surface area contributed by atoms with Crippen molar-refractivity contribution in [2.24, 2.45) is 0 Å².